The molecule has 0 aromatic heterocycles. The smallest absolute Gasteiger partial charge is 0.329 e. The summed E-state index contributed by atoms with van der Waals surface area (Å²) in [6.45, 7) is 4.81. The number of ether oxygens (including phenoxy) is 2. The normalized spacial score (nSPS) is 10.4. The van der Waals surface area contributed by atoms with E-state index >= 15 is 0 Å². The lowest BCUT2D eigenvalue weighted by Crippen LogP contribution is -2.35. The highest BCUT2D eigenvalue weighted by Gasteiger charge is 2.12. The minimum atomic E-state index is -0.859. The van der Waals surface area contributed by atoms with Crippen molar-refractivity contribution in [1.29, 1.82) is 0 Å². The number of benzene rings is 1. The van der Waals surface area contributed by atoms with Crippen molar-refractivity contribution in [3.05, 3.63) is 22.7 Å². The van der Waals surface area contributed by atoms with E-state index in [1.54, 1.807) is 12.1 Å². The van der Waals surface area contributed by atoms with Crippen molar-refractivity contribution >= 4 is 29.6 Å². The molecule has 0 aliphatic heterocycles. The monoisotopic (exact) mass is 341 g/mol. The van der Waals surface area contributed by atoms with E-state index in [2.05, 4.69) is 15.8 Å². The van der Waals surface area contributed by atoms with E-state index in [9.17, 15) is 9.59 Å². The maximum absolute atomic E-state index is 11.3. The molecule has 8 heteroatoms. The Morgan fingerprint density at radius 2 is 2.00 bits per heavy atom. The van der Waals surface area contributed by atoms with Gasteiger partial charge in [0.1, 0.15) is 0 Å². The zero-order valence-corrected chi connectivity index (χ0v) is 14.1. The molecule has 23 heavy (non-hydrogen) atoms. The summed E-state index contributed by atoms with van der Waals surface area (Å²) in [7, 11) is 1.36. The van der Waals surface area contributed by atoms with Crippen molar-refractivity contribution < 1.29 is 19.1 Å². The van der Waals surface area contributed by atoms with Gasteiger partial charge in [-0.15, -0.1) is 0 Å². The molecule has 7 nitrogen and oxygen atoms in total. The van der Waals surface area contributed by atoms with Gasteiger partial charge >= 0.3 is 11.8 Å². The van der Waals surface area contributed by atoms with E-state index in [1.165, 1.54) is 13.3 Å². The van der Waals surface area contributed by atoms with Gasteiger partial charge in [-0.2, -0.15) is 5.10 Å². The number of hydrogen-bond donors (Lipinski definition) is 2. The first kappa shape index (κ1) is 18.8. The summed E-state index contributed by atoms with van der Waals surface area (Å²) in [5, 5.41) is 6.28. The van der Waals surface area contributed by atoms with Crippen LogP contribution in [0.2, 0.25) is 5.02 Å². The van der Waals surface area contributed by atoms with Crippen LogP contribution in [0.15, 0.2) is 17.2 Å². The summed E-state index contributed by atoms with van der Waals surface area (Å²) in [5.74, 6) is -0.671. The third kappa shape index (κ3) is 5.78. The van der Waals surface area contributed by atoms with E-state index in [-0.39, 0.29) is 0 Å². The second-order valence-corrected chi connectivity index (χ2v) is 4.80. The minimum Gasteiger partial charge on any atom is -0.490 e. The SMILES string of the molecule is CCCOc1c(Cl)cc(/C=N\NC(=O)C(=O)NC)cc1OCC. The summed E-state index contributed by atoms with van der Waals surface area (Å²) >= 11 is 6.20. The van der Waals surface area contributed by atoms with Gasteiger partial charge in [0, 0.05) is 7.05 Å². The van der Waals surface area contributed by atoms with Gasteiger partial charge in [0.25, 0.3) is 0 Å². The van der Waals surface area contributed by atoms with Crippen LogP contribution >= 0.6 is 11.6 Å². The second-order valence-electron chi connectivity index (χ2n) is 4.39. The fourth-order valence-corrected chi connectivity index (χ4v) is 1.87. The number of amides is 2. The first-order chi connectivity index (χ1) is 11.0. The van der Waals surface area contributed by atoms with Gasteiger partial charge in [0.05, 0.1) is 24.5 Å². The van der Waals surface area contributed by atoms with Gasteiger partial charge in [0.2, 0.25) is 0 Å². The van der Waals surface area contributed by atoms with E-state index in [4.69, 9.17) is 21.1 Å². The van der Waals surface area contributed by atoms with Crippen LogP contribution in [0.4, 0.5) is 0 Å². The molecule has 0 saturated carbocycles. The van der Waals surface area contributed by atoms with Crippen molar-refractivity contribution in [3.63, 3.8) is 0 Å². The number of nitrogens with zero attached hydrogens (tertiary/aromatic N) is 1. The lowest BCUT2D eigenvalue weighted by molar-refractivity contribution is -0.138. The number of carbonyl (C=O) groups excluding carboxylic acids is 2. The molecule has 126 valence electrons. The number of nitrogens with one attached hydrogen (secondary N) is 2. The standard InChI is InChI=1S/C15H20ClN3O4/c1-4-6-23-13-11(16)7-10(8-12(13)22-5-2)9-18-19-15(21)14(20)17-3/h7-9H,4-6H2,1-3H3,(H,17,20)(H,19,21)/b18-9-. The molecule has 0 saturated heterocycles. The fraction of sp³-hybridized carbons (Fsp3) is 0.400. The Hall–Kier alpha value is -2.28. The van der Waals surface area contributed by atoms with Crippen LogP contribution in [0.3, 0.4) is 0 Å². The third-order valence-corrected chi connectivity index (χ3v) is 2.88. The molecule has 1 aromatic carbocycles. The largest absolute Gasteiger partial charge is 0.490 e. The van der Waals surface area contributed by atoms with Crippen LogP contribution in [0.1, 0.15) is 25.8 Å². The molecule has 0 spiro atoms. The average molecular weight is 342 g/mol. The number of hydrazone groups is 1. The summed E-state index contributed by atoms with van der Waals surface area (Å²) in [6.07, 6.45) is 2.20. The first-order valence-electron chi connectivity index (χ1n) is 7.17. The Labute approximate surface area is 140 Å². The van der Waals surface area contributed by atoms with Crippen LogP contribution in [0.5, 0.6) is 11.5 Å². The number of rotatable bonds is 7. The van der Waals surface area contributed by atoms with Gasteiger partial charge in [0.15, 0.2) is 11.5 Å². The van der Waals surface area contributed by atoms with Crippen molar-refractivity contribution in [2.24, 2.45) is 5.10 Å². The molecule has 1 rings (SSSR count). The van der Waals surface area contributed by atoms with Gasteiger partial charge < -0.3 is 14.8 Å². The molecule has 2 N–H and O–H groups in total. The lowest BCUT2D eigenvalue weighted by atomic mass is 10.2. The molecule has 0 bridgehead atoms. The highest BCUT2D eigenvalue weighted by atomic mass is 35.5. The van der Waals surface area contributed by atoms with Crippen molar-refractivity contribution in [3.8, 4) is 11.5 Å². The molecular weight excluding hydrogens is 322 g/mol. The predicted octanol–water partition coefficient (Wildman–Crippen LogP) is 1.72. The van der Waals surface area contributed by atoms with Crippen molar-refractivity contribution in [2.75, 3.05) is 20.3 Å². The maximum atomic E-state index is 11.3. The Morgan fingerprint density at radius 1 is 1.26 bits per heavy atom. The zero-order chi connectivity index (χ0) is 17.2. The number of carbonyl (C=O) groups is 2. The van der Waals surface area contributed by atoms with Crippen LogP contribution in [-0.4, -0.2) is 38.3 Å². The van der Waals surface area contributed by atoms with Crippen LogP contribution in [-0.2, 0) is 9.59 Å². The number of likely N-dealkylation sites (N-methyl/N-ethyl adjacent to an activating group) is 1. The molecule has 0 unspecified atom stereocenters. The molecule has 0 atom stereocenters. The summed E-state index contributed by atoms with van der Waals surface area (Å²) in [4.78, 5) is 22.3. The van der Waals surface area contributed by atoms with Gasteiger partial charge in [-0.3, -0.25) is 9.59 Å². The Bertz CT molecular complexity index is 590. The Morgan fingerprint density at radius 3 is 2.61 bits per heavy atom. The van der Waals surface area contributed by atoms with Crippen LogP contribution < -0.4 is 20.2 Å². The Balaban J connectivity index is 2.91. The predicted molar refractivity (Wildman–Crippen MR) is 88.2 cm³/mol. The number of halogens is 1. The topological polar surface area (TPSA) is 89.0 Å². The van der Waals surface area contributed by atoms with Gasteiger partial charge in [-0.25, -0.2) is 5.43 Å². The second kappa shape index (κ2) is 9.68. The molecule has 0 fully saturated rings. The summed E-state index contributed by atoms with van der Waals surface area (Å²) in [6, 6.07) is 3.32. The molecule has 2 amide bonds. The van der Waals surface area contributed by atoms with E-state index in [0.717, 1.165) is 6.42 Å². The first-order valence-corrected chi connectivity index (χ1v) is 7.55. The lowest BCUT2D eigenvalue weighted by Gasteiger charge is -2.13. The molecule has 1 aromatic rings. The molecule has 0 radical (unpaired) electrons. The summed E-state index contributed by atoms with van der Waals surface area (Å²) < 4.78 is 11.1. The maximum Gasteiger partial charge on any atom is 0.329 e. The molecule has 0 heterocycles. The summed E-state index contributed by atoms with van der Waals surface area (Å²) in [5.41, 5.74) is 2.70. The third-order valence-electron chi connectivity index (χ3n) is 2.60. The number of hydrogen-bond acceptors (Lipinski definition) is 5. The van der Waals surface area contributed by atoms with Crippen LogP contribution in [0.25, 0.3) is 0 Å². The zero-order valence-electron chi connectivity index (χ0n) is 13.3. The fourth-order valence-electron chi connectivity index (χ4n) is 1.60. The highest BCUT2D eigenvalue weighted by molar-refractivity contribution is 6.35. The van der Waals surface area contributed by atoms with Crippen molar-refractivity contribution in [1.82, 2.24) is 10.7 Å². The highest BCUT2D eigenvalue weighted by Crippen LogP contribution is 2.36. The quantitative estimate of drug-likeness (QED) is 0.449. The Kier molecular flexibility index (Phi) is 7.90. The van der Waals surface area contributed by atoms with E-state index < -0.39 is 11.8 Å². The van der Waals surface area contributed by atoms with Crippen LogP contribution in [0, 0.1) is 0 Å². The van der Waals surface area contributed by atoms with Gasteiger partial charge in [-0.05, 0) is 31.0 Å². The van der Waals surface area contributed by atoms with Gasteiger partial charge in [-0.1, -0.05) is 18.5 Å². The minimum absolute atomic E-state index is 0.378. The molecular formula is C15H20ClN3O4. The van der Waals surface area contributed by atoms with E-state index in [0.29, 0.717) is 35.3 Å². The average Bonchev–Trinajstić information content (AvgIpc) is 2.53. The van der Waals surface area contributed by atoms with E-state index in [1.807, 2.05) is 13.8 Å². The van der Waals surface area contributed by atoms with Crippen molar-refractivity contribution in [2.45, 2.75) is 20.3 Å². The molecule has 0 aliphatic rings. The molecule has 0 aliphatic carbocycles.